The number of hydrogen-bond donors (Lipinski definition) is 2. The van der Waals surface area contributed by atoms with E-state index in [9.17, 15) is 0 Å². The van der Waals surface area contributed by atoms with Gasteiger partial charge in [0.15, 0.2) is 5.96 Å². The Bertz CT molecular complexity index is 368. The fourth-order valence-corrected chi connectivity index (χ4v) is 3.52. The van der Waals surface area contributed by atoms with Gasteiger partial charge in [0.05, 0.1) is 6.54 Å². The van der Waals surface area contributed by atoms with Crippen LogP contribution in [-0.4, -0.2) is 73.7 Å². The Morgan fingerprint density at radius 3 is 2.57 bits per heavy atom. The first kappa shape index (κ1) is 18.5. The van der Waals surface area contributed by atoms with E-state index in [1.807, 2.05) is 0 Å². The van der Waals surface area contributed by atoms with E-state index in [-0.39, 0.29) is 5.54 Å². The van der Waals surface area contributed by atoms with Crippen LogP contribution < -0.4 is 10.6 Å². The third kappa shape index (κ3) is 6.68. The average Bonchev–Trinajstić information content (AvgIpc) is 3.13. The van der Waals surface area contributed by atoms with Gasteiger partial charge in [-0.05, 0) is 66.0 Å². The second-order valence-corrected chi connectivity index (χ2v) is 8.02. The zero-order chi connectivity index (χ0) is 16.7. The fourth-order valence-electron chi connectivity index (χ4n) is 3.52. The van der Waals surface area contributed by atoms with Crippen LogP contribution in [-0.2, 0) is 0 Å². The first-order chi connectivity index (χ1) is 11.0. The van der Waals surface area contributed by atoms with Crippen LogP contribution in [0, 0.1) is 5.92 Å². The zero-order valence-electron chi connectivity index (χ0n) is 15.7. The standard InChI is InChI=1S/C18H37N5/c1-5-19-17(20-9-10-21-18(2,3)4)23-13-8-16(15-23)14-22-11-6-7-12-22/h16,21H,5-15H2,1-4H3,(H,19,20). The molecule has 2 aliphatic rings. The van der Waals surface area contributed by atoms with Crippen molar-refractivity contribution in [3.63, 3.8) is 0 Å². The van der Waals surface area contributed by atoms with Crippen LogP contribution in [0.5, 0.6) is 0 Å². The molecule has 2 N–H and O–H groups in total. The van der Waals surface area contributed by atoms with Crippen LogP contribution in [0.15, 0.2) is 4.99 Å². The molecule has 0 spiro atoms. The van der Waals surface area contributed by atoms with E-state index in [1.165, 1.54) is 38.9 Å². The number of aliphatic imine (C=N–C) groups is 1. The molecule has 1 unspecified atom stereocenters. The topological polar surface area (TPSA) is 42.9 Å². The average molecular weight is 324 g/mol. The number of likely N-dealkylation sites (tertiary alicyclic amines) is 2. The van der Waals surface area contributed by atoms with Crippen molar-refractivity contribution in [3.8, 4) is 0 Å². The Kier molecular flexibility index (Phi) is 7.15. The number of hydrogen-bond acceptors (Lipinski definition) is 3. The van der Waals surface area contributed by atoms with Gasteiger partial charge in [0.1, 0.15) is 0 Å². The van der Waals surface area contributed by atoms with Crippen molar-refractivity contribution < 1.29 is 0 Å². The molecule has 0 saturated carbocycles. The second-order valence-electron chi connectivity index (χ2n) is 8.02. The second kappa shape index (κ2) is 8.88. The smallest absolute Gasteiger partial charge is 0.193 e. The van der Waals surface area contributed by atoms with Crippen molar-refractivity contribution in [1.82, 2.24) is 20.4 Å². The molecule has 2 rings (SSSR count). The van der Waals surface area contributed by atoms with Crippen molar-refractivity contribution in [3.05, 3.63) is 0 Å². The largest absolute Gasteiger partial charge is 0.357 e. The maximum atomic E-state index is 4.82. The molecule has 0 aromatic carbocycles. The van der Waals surface area contributed by atoms with Gasteiger partial charge in [-0.1, -0.05) is 0 Å². The SMILES string of the molecule is CCNC(=NCCNC(C)(C)C)N1CCC(CN2CCCC2)C1. The number of nitrogens with zero attached hydrogens (tertiary/aromatic N) is 3. The summed E-state index contributed by atoms with van der Waals surface area (Å²) < 4.78 is 0. The van der Waals surface area contributed by atoms with Crippen LogP contribution in [0.25, 0.3) is 0 Å². The highest BCUT2D eigenvalue weighted by molar-refractivity contribution is 5.80. The summed E-state index contributed by atoms with van der Waals surface area (Å²) >= 11 is 0. The predicted molar refractivity (Wildman–Crippen MR) is 99.1 cm³/mol. The van der Waals surface area contributed by atoms with E-state index in [1.54, 1.807) is 0 Å². The van der Waals surface area contributed by atoms with E-state index in [0.29, 0.717) is 0 Å². The van der Waals surface area contributed by atoms with Gasteiger partial charge in [0, 0.05) is 38.3 Å². The normalized spacial score (nSPS) is 23.7. The summed E-state index contributed by atoms with van der Waals surface area (Å²) in [4.78, 5) is 9.92. The van der Waals surface area contributed by atoms with Gasteiger partial charge in [-0.15, -0.1) is 0 Å². The molecule has 0 radical (unpaired) electrons. The number of rotatable bonds is 6. The van der Waals surface area contributed by atoms with Gasteiger partial charge < -0.3 is 20.4 Å². The van der Waals surface area contributed by atoms with Crippen LogP contribution in [0.1, 0.15) is 47.0 Å². The maximum Gasteiger partial charge on any atom is 0.193 e. The molecule has 0 bridgehead atoms. The lowest BCUT2D eigenvalue weighted by molar-refractivity contribution is 0.281. The van der Waals surface area contributed by atoms with Crippen molar-refractivity contribution in [2.24, 2.45) is 10.9 Å². The summed E-state index contributed by atoms with van der Waals surface area (Å²) in [6.45, 7) is 17.7. The minimum absolute atomic E-state index is 0.169. The third-order valence-electron chi connectivity index (χ3n) is 4.66. The summed E-state index contributed by atoms with van der Waals surface area (Å²) in [6, 6.07) is 0. The van der Waals surface area contributed by atoms with E-state index in [2.05, 4.69) is 48.1 Å². The highest BCUT2D eigenvalue weighted by atomic mass is 15.3. The predicted octanol–water partition coefficient (Wildman–Crippen LogP) is 1.76. The summed E-state index contributed by atoms with van der Waals surface area (Å²) in [5.41, 5.74) is 0.169. The van der Waals surface area contributed by atoms with Crippen molar-refractivity contribution in [2.75, 3.05) is 52.4 Å². The van der Waals surface area contributed by atoms with Crippen molar-refractivity contribution >= 4 is 5.96 Å². The Balaban J connectivity index is 1.78. The minimum Gasteiger partial charge on any atom is -0.357 e. The maximum absolute atomic E-state index is 4.82. The molecule has 2 fully saturated rings. The summed E-state index contributed by atoms with van der Waals surface area (Å²) in [7, 11) is 0. The van der Waals surface area contributed by atoms with Crippen LogP contribution in [0.2, 0.25) is 0 Å². The molecule has 2 saturated heterocycles. The number of guanidine groups is 1. The lowest BCUT2D eigenvalue weighted by atomic mass is 10.1. The van der Waals surface area contributed by atoms with Gasteiger partial charge in [0.2, 0.25) is 0 Å². The summed E-state index contributed by atoms with van der Waals surface area (Å²) in [5.74, 6) is 1.91. The van der Waals surface area contributed by atoms with E-state index < -0.39 is 0 Å². The molecule has 5 nitrogen and oxygen atoms in total. The van der Waals surface area contributed by atoms with Gasteiger partial charge in [-0.25, -0.2) is 0 Å². The Labute approximate surface area is 142 Å². The summed E-state index contributed by atoms with van der Waals surface area (Å²) in [5, 5.41) is 6.98. The monoisotopic (exact) mass is 323 g/mol. The first-order valence-corrected chi connectivity index (χ1v) is 9.48. The van der Waals surface area contributed by atoms with E-state index in [0.717, 1.165) is 44.6 Å². The lowest BCUT2D eigenvalue weighted by Gasteiger charge is -2.24. The first-order valence-electron chi connectivity index (χ1n) is 9.48. The third-order valence-corrected chi connectivity index (χ3v) is 4.66. The van der Waals surface area contributed by atoms with Gasteiger partial charge >= 0.3 is 0 Å². The molecule has 1 atom stereocenters. The molecule has 0 aromatic heterocycles. The van der Waals surface area contributed by atoms with Crippen molar-refractivity contribution in [2.45, 2.75) is 52.5 Å². The molecule has 0 aromatic rings. The number of nitrogens with one attached hydrogen (secondary N) is 2. The minimum atomic E-state index is 0.169. The van der Waals surface area contributed by atoms with Gasteiger partial charge in [-0.2, -0.15) is 0 Å². The highest BCUT2D eigenvalue weighted by Gasteiger charge is 2.27. The molecule has 5 heteroatoms. The Morgan fingerprint density at radius 1 is 1.17 bits per heavy atom. The molecule has 2 aliphatic heterocycles. The van der Waals surface area contributed by atoms with Gasteiger partial charge in [-0.3, -0.25) is 4.99 Å². The molecule has 0 amide bonds. The van der Waals surface area contributed by atoms with Crippen molar-refractivity contribution in [1.29, 1.82) is 0 Å². The Hall–Kier alpha value is -0.810. The molecule has 2 heterocycles. The highest BCUT2D eigenvalue weighted by Crippen LogP contribution is 2.19. The van der Waals surface area contributed by atoms with Crippen LogP contribution in [0.4, 0.5) is 0 Å². The molecular weight excluding hydrogens is 286 g/mol. The molecule has 23 heavy (non-hydrogen) atoms. The molecule has 0 aliphatic carbocycles. The quantitative estimate of drug-likeness (QED) is 0.444. The zero-order valence-corrected chi connectivity index (χ0v) is 15.7. The summed E-state index contributed by atoms with van der Waals surface area (Å²) in [6.07, 6.45) is 4.09. The Morgan fingerprint density at radius 2 is 1.91 bits per heavy atom. The van der Waals surface area contributed by atoms with Crippen LogP contribution in [0.3, 0.4) is 0 Å². The van der Waals surface area contributed by atoms with E-state index >= 15 is 0 Å². The lowest BCUT2D eigenvalue weighted by Crippen LogP contribution is -2.42. The molecule has 134 valence electrons. The van der Waals surface area contributed by atoms with E-state index in [4.69, 9.17) is 4.99 Å². The molecular formula is C18H37N5. The van der Waals surface area contributed by atoms with Crippen LogP contribution >= 0.6 is 0 Å². The van der Waals surface area contributed by atoms with Gasteiger partial charge in [0.25, 0.3) is 0 Å². The fraction of sp³-hybridized carbons (Fsp3) is 0.944.